The molecular weight excluding hydrogens is 222 g/mol. The summed E-state index contributed by atoms with van der Waals surface area (Å²) >= 11 is 0. The van der Waals surface area contributed by atoms with Crippen LogP contribution < -0.4 is 10.5 Å². The molecule has 0 aliphatic heterocycles. The Kier molecular flexibility index (Phi) is 5.06. The van der Waals surface area contributed by atoms with E-state index in [1.807, 2.05) is 0 Å². The van der Waals surface area contributed by atoms with Gasteiger partial charge in [-0.25, -0.2) is 0 Å². The highest BCUT2D eigenvalue weighted by molar-refractivity contribution is 5.40. The van der Waals surface area contributed by atoms with Gasteiger partial charge in [-0.15, -0.1) is 0 Å². The number of hydrogen-bond acceptors (Lipinski definition) is 2. The van der Waals surface area contributed by atoms with Crippen molar-refractivity contribution in [3.8, 4) is 5.75 Å². The molecule has 1 fully saturated rings. The Hall–Kier alpha value is -1.02. The van der Waals surface area contributed by atoms with Crippen LogP contribution in [0.3, 0.4) is 0 Å². The van der Waals surface area contributed by atoms with Crippen molar-refractivity contribution in [3.63, 3.8) is 0 Å². The molecule has 1 aliphatic rings. The first-order chi connectivity index (χ1) is 8.85. The van der Waals surface area contributed by atoms with Gasteiger partial charge in [-0.1, -0.05) is 31.4 Å². The first kappa shape index (κ1) is 13.4. The lowest BCUT2D eigenvalue weighted by molar-refractivity contribution is 0.387. The molecule has 1 aromatic carbocycles. The van der Waals surface area contributed by atoms with Gasteiger partial charge in [0.1, 0.15) is 5.75 Å². The molecule has 1 saturated carbocycles. The number of hydrogen-bond donors (Lipinski definition) is 1. The average Bonchev–Trinajstić information content (AvgIpc) is 2.45. The SMILES string of the molecule is COc1ccc(CCCN)cc1C1CCCCC1. The van der Waals surface area contributed by atoms with Crippen LogP contribution in [0, 0.1) is 0 Å². The maximum absolute atomic E-state index is 5.59. The van der Waals surface area contributed by atoms with Crippen LogP contribution in [0.1, 0.15) is 55.6 Å². The second-order valence-electron chi connectivity index (χ2n) is 5.30. The Balaban J connectivity index is 2.18. The van der Waals surface area contributed by atoms with Crippen LogP contribution in [-0.4, -0.2) is 13.7 Å². The molecule has 100 valence electrons. The zero-order valence-corrected chi connectivity index (χ0v) is 11.5. The summed E-state index contributed by atoms with van der Waals surface area (Å²) in [6.07, 6.45) is 8.90. The standard InChI is InChI=1S/C16H25NO/c1-18-16-10-9-13(6-5-11-17)12-15(16)14-7-3-2-4-8-14/h9-10,12,14H,2-8,11,17H2,1H3. The van der Waals surface area contributed by atoms with E-state index in [2.05, 4.69) is 18.2 Å². The smallest absolute Gasteiger partial charge is 0.122 e. The Morgan fingerprint density at radius 3 is 2.67 bits per heavy atom. The van der Waals surface area contributed by atoms with Crippen LogP contribution in [0.25, 0.3) is 0 Å². The van der Waals surface area contributed by atoms with E-state index in [0.29, 0.717) is 5.92 Å². The highest BCUT2D eigenvalue weighted by Gasteiger charge is 2.19. The van der Waals surface area contributed by atoms with E-state index < -0.39 is 0 Å². The molecule has 0 bridgehead atoms. The molecule has 0 saturated heterocycles. The minimum atomic E-state index is 0.700. The molecule has 0 atom stereocenters. The fourth-order valence-corrected chi connectivity index (χ4v) is 2.98. The summed E-state index contributed by atoms with van der Waals surface area (Å²) < 4.78 is 5.53. The quantitative estimate of drug-likeness (QED) is 0.862. The van der Waals surface area contributed by atoms with E-state index in [9.17, 15) is 0 Å². The Morgan fingerprint density at radius 2 is 2.00 bits per heavy atom. The molecular formula is C16H25NO. The van der Waals surface area contributed by atoms with Crippen LogP contribution in [0.15, 0.2) is 18.2 Å². The summed E-state index contributed by atoms with van der Waals surface area (Å²) in [5.74, 6) is 1.77. The molecule has 0 spiro atoms. The van der Waals surface area contributed by atoms with Gasteiger partial charge in [0.15, 0.2) is 0 Å². The second kappa shape index (κ2) is 6.79. The number of benzene rings is 1. The molecule has 0 radical (unpaired) electrons. The van der Waals surface area contributed by atoms with Crippen LogP contribution in [-0.2, 0) is 6.42 Å². The van der Waals surface area contributed by atoms with E-state index in [-0.39, 0.29) is 0 Å². The molecule has 2 nitrogen and oxygen atoms in total. The van der Waals surface area contributed by atoms with Gasteiger partial charge < -0.3 is 10.5 Å². The molecule has 2 heteroatoms. The van der Waals surface area contributed by atoms with Crippen molar-refractivity contribution in [2.24, 2.45) is 5.73 Å². The molecule has 0 heterocycles. The van der Waals surface area contributed by atoms with E-state index in [1.54, 1.807) is 7.11 Å². The summed E-state index contributed by atoms with van der Waals surface area (Å²) in [4.78, 5) is 0. The maximum atomic E-state index is 5.59. The lowest BCUT2D eigenvalue weighted by Crippen LogP contribution is -2.07. The summed E-state index contributed by atoms with van der Waals surface area (Å²) in [6, 6.07) is 6.67. The third kappa shape index (κ3) is 3.26. The molecule has 2 rings (SSSR count). The van der Waals surface area contributed by atoms with Gasteiger partial charge in [-0.3, -0.25) is 0 Å². The minimum absolute atomic E-state index is 0.700. The third-order valence-corrected chi connectivity index (χ3v) is 4.01. The van der Waals surface area contributed by atoms with Gasteiger partial charge in [-0.05, 0) is 55.3 Å². The molecule has 0 amide bonds. The Bertz CT molecular complexity index is 369. The molecule has 0 aromatic heterocycles. The Morgan fingerprint density at radius 1 is 1.22 bits per heavy atom. The lowest BCUT2D eigenvalue weighted by Gasteiger charge is -2.24. The zero-order chi connectivity index (χ0) is 12.8. The number of rotatable bonds is 5. The molecule has 0 unspecified atom stereocenters. The second-order valence-corrected chi connectivity index (χ2v) is 5.30. The fraction of sp³-hybridized carbons (Fsp3) is 0.625. The van der Waals surface area contributed by atoms with E-state index in [1.165, 1.54) is 43.2 Å². The van der Waals surface area contributed by atoms with Crippen molar-refractivity contribution in [1.29, 1.82) is 0 Å². The number of aryl methyl sites for hydroxylation is 1. The number of nitrogens with two attached hydrogens (primary N) is 1. The average molecular weight is 247 g/mol. The molecule has 1 aromatic rings. The van der Waals surface area contributed by atoms with Crippen molar-refractivity contribution in [2.75, 3.05) is 13.7 Å². The van der Waals surface area contributed by atoms with Crippen LogP contribution >= 0.6 is 0 Å². The number of methoxy groups -OCH3 is 1. The summed E-state index contributed by atoms with van der Waals surface area (Å²) in [7, 11) is 1.78. The monoisotopic (exact) mass is 247 g/mol. The predicted octanol–water partition coefficient (Wildman–Crippen LogP) is 3.63. The van der Waals surface area contributed by atoms with E-state index >= 15 is 0 Å². The van der Waals surface area contributed by atoms with Gasteiger partial charge in [0.05, 0.1) is 7.11 Å². The van der Waals surface area contributed by atoms with Crippen LogP contribution in [0.4, 0.5) is 0 Å². The van der Waals surface area contributed by atoms with E-state index in [0.717, 1.165) is 25.1 Å². The third-order valence-electron chi connectivity index (χ3n) is 4.01. The summed E-state index contributed by atoms with van der Waals surface area (Å²) in [5, 5.41) is 0. The highest BCUT2D eigenvalue weighted by atomic mass is 16.5. The van der Waals surface area contributed by atoms with Crippen LogP contribution in [0.5, 0.6) is 5.75 Å². The predicted molar refractivity (Wildman–Crippen MR) is 76.2 cm³/mol. The molecule has 18 heavy (non-hydrogen) atoms. The van der Waals surface area contributed by atoms with Crippen molar-refractivity contribution in [2.45, 2.75) is 50.9 Å². The van der Waals surface area contributed by atoms with Gasteiger partial charge in [0.2, 0.25) is 0 Å². The molecule has 1 aliphatic carbocycles. The fourth-order valence-electron chi connectivity index (χ4n) is 2.98. The highest BCUT2D eigenvalue weighted by Crippen LogP contribution is 2.37. The van der Waals surface area contributed by atoms with Gasteiger partial charge in [-0.2, -0.15) is 0 Å². The topological polar surface area (TPSA) is 35.2 Å². The first-order valence-corrected chi connectivity index (χ1v) is 7.22. The van der Waals surface area contributed by atoms with Gasteiger partial charge in [0.25, 0.3) is 0 Å². The summed E-state index contributed by atoms with van der Waals surface area (Å²) in [5.41, 5.74) is 8.42. The normalized spacial score (nSPS) is 16.8. The van der Waals surface area contributed by atoms with Gasteiger partial charge >= 0.3 is 0 Å². The van der Waals surface area contributed by atoms with Crippen molar-refractivity contribution < 1.29 is 4.74 Å². The lowest BCUT2D eigenvalue weighted by atomic mass is 9.83. The molecule has 2 N–H and O–H groups in total. The van der Waals surface area contributed by atoms with Gasteiger partial charge in [0, 0.05) is 0 Å². The first-order valence-electron chi connectivity index (χ1n) is 7.22. The van der Waals surface area contributed by atoms with Crippen molar-refractivity contribution in [3.05, 3.63) is 29.3 Å². The van der Waals surface area contributed by atoms with Crippen molar-refractivity contribution in [1.82, 2.24) is 0 Å². The van der Waals surface area contributed by atoms with Crippen LogP contribution in [0.2, 0.25) is 0 Å². The maximum Gasteiger partial charge on any atom is 0.122 e. The Labute approximate surface area is 111 Å². The largest absolute Gasteiger partial charge is 0.496 e. The van der Waals surface area contributed by atoms with E-state index in [4.69, 9.17) is 10.5 Å². The summed E-state index contributed by atoms with van der Waals surface area (Å²) in [6.45, 7) is 0.769. The number of ether oxygens (including phenoxy) is 1. The zero-order valence-electron chi connectivity index (χ0n) is 11.5. The minimum Gasteiger partial charge on any atom is -0.496 e. The van der Waals surface area contributed by atoms with Crippen molar-refractivity contribution >= 4 is 0 Å².